The number of nitrogens with zero attached hydrogens (tertiary/aromatic N) is 2. The fourth-order valence-electron chi connectivity index (χ4n) is 2.53. The molecule has 0 N–H and O–H groups in total. The molecule has 1 aliphatic heterocycles. The predicted octanol–water partition coefficient (Wildman–Crippen LogP) is 2.02. The van der Waals surface area contributed by atoms with Gasteiger partial charge in [0.25, 0.3) is 0 Å². The van der Waals surface area contributed by atoms with Crippen molar-refractivity contribution in [3.63, 3.8) is 0 Å². The lowest BCUT2D eigenvalue weighted by atomic mass is 10.1. The largest absolute Gasteiger partial charge is 0.493 e. The van der Waals surface area contributed by atoms with Gasteiger partial charge in [-0.1, -0.05) is 0 Å². The Balaban J connectivity index is 1.85. The topological polar surface area (TPSA) is 49.9 Å². The molecule has 1 heterocycles. The van der Waals surface area contributed by atoms with Crippen LogP contribution in [0.4, 0.5) is 5.69 Å². The van der Waals surface area contributed by atoms with Gasteiger partial charge in [0.1, 0.15) is 5.75 Å². The molecule has 0 amide bonds. The van der Waals surface area contributed by atoms with Crippen LogP contribution in [-0.4, -0.2) is 58.7 Å². The van der Waals surface area contributed by atoms with Crippen LogP contribution >= 0.6 is 11.6 Å². The second-order valence-corrected chi connectivity index (χ2v) is 8.07. The Hall–Kier alpha value is -0.980. The molecule has 0 radical (unpaired) electrons. The standard InChI is InChI=1S/C15H23ClN2O3S/c1-17(22(2,19)20)14-3-5-15(6-4-14)21-12-13-7-9-18(11-13)10-8-16/h3-6,13H,7-12H2,1-2H3/t13-/m1/s1. The highest BCUT2D eigenvalue weighted by atomic mass is 35.5. The van der Waals surface area contributed by atoms with Crippen LogP contribution in [0.1, 0.15) is 6.42 Å². The third-order valence-electron chi connectivity index (χ3n) is 3.95. The van der Waals surface area contributed by atoms with E-state index >= 15 is 0 Å². The zero-order chi connectivity index (χ0) is 16.2. The molecule has 124 valence electrons. The highest BCUT2D eigenvalue weighted by Crippen LogP contribution is 2.22. The zero-order valence-corrected chi connectivity index (χ0v) is 14.6. The van der Waals surface area contributed by atoms with Gasteiger partial charge < -0.3 is 9.64 Å². The minimum atomic E-state index is -3.23. The van der Waals surface area contributed by atoms with Crippen molar-refractivity contribution in [2.45, 2.75) is 6.42 Å². The molecule has 0 saturated carbocycles. The minimum Gasteiger partial charge on any atom is -0.493 e. The van der Waals surface area contributed by atoms with Gasteiger partial charge >= 0.3 is 0 Å². The van der Waals surface area contributed by atoms with Crippen LogP contribution in [0.25, 0.3) is 0 Å². The summed E-state index contributed by atoms with van der Waals surface area (Å²) in [5, 5.41) is 0. The summed E-state index contributed by atoms with van der Waals surface area (Å²) in [5.41, 5.74) is 0.629. The van der Waals surface area contributed by atoms with E-state index in [-0.39, 0.29) is 0 Å². The van der Waals surface area contributed by atoms with Crippen LogP contribution in [0, 0.1) is 5.92 Å². The van der Waals surface area contributed by atoms with Gasteiger partial charge in [-0.25, -0.2) is 8.42 Å². The highest BCUT2D eigenvalue weighted by molar-refractivity contribution is 7.92. The Kier molecular flexibility index (Phi) is 5.94. The zero-order valence-electron chi connectivity index (χ0n) is 13.0. The minimum absolute atomic E-state index is 0.529. The average Bonchev–Trinajstić information content (AvgIpc) is 2.92. The van der Waals surface area contributed by atoms with Gasteiger partial charge in [-0.15, -0.1) is 11.6 Å². The lowest BCUT2D eigenvalue weighted by Gasteiger charge is -2.17. The number of anilines is 1. The van der Waals surface area contributed by atoms with E-state index in [1.165, 1.54) is 17.6 Å². The molecule has 0 spiro atoms. The first-order valence-corrected chi connectivity index (χ1v) is 9.73. The fourth-order valence-corrected chi connectivity index (χ4v) is 3.27. The monoisotopic (exact) mass is 346 g/mol. The summed E-state index contributed by atoms with van der Waals surface area (Å²) >= 11 is 5.75. The summed E-state index contributed by atoms with van der Waals surface area (Å²) in [6.07, 6.45) is 2.32. The average molecular weight is 347 g/mol. The van der Waals surface area contributed by atoms with Crippen molar-refractivity contribution in [3.05, 3.63) is 24.3 Å². The van der Waals surface area contributed by atoms with E-state index in [0.717, 1.165) is 31.8 Å². The number of likely N-dealkylation sites (tertiary alicyclic amines) is 1. The van der Waals surface area contributed by atoms with Crippen molar-refractivity contribution in [2.24, 2.45) is 5.92 Å². The quantitative estimate of drug-likeness (QED) is 0.709. The summed E-state index contributed by atoms with van der Waals surface area (Å²) in [4.78, 5) is 2.35. The Morgan fingerprint density at radius 1 is 1.36 bits per heavy atom. The second kappa shape index (κ2) is 7.53. The molecular weight excluding hydrogens is 324 g/mol. The Morgan fingerprint density at radius 3 is 2.64 bits per heavy atom. The molecule has 1 fully saturated rings. The number of ether oxygens (including phenoxy) is 1. The number of hydrogen-bond donors (Lipinski definition) is 0. The Labute approximate surface area is 137 Å². The lowest BCUT2D eigenvalue weighted by Crippen LogP contribution is -2.24. The van der Waals surface area contributed by atoms with Crippen LogP contribution in [-0.2, 0) is 10.0 Å². The number of halogens is 1. The van der Waals surface area contributed by atoms with Crippen molar-refractivity contribution >= 4 is 27.3 Å². The van der Waals surface area contributed by atoms with E-state index in [4.69, 9.17) is 16.3 Å². The molecular formula is C15H23ClN2O3S. The predicted molar refractivity (Wildman–Crippen MR) is 90.5 cm³/mol. The maximum atomic E-state index is 11.5. The van der Waals surface area contributed by atoms with Gasteiger partial charge in [0.05, 0.1) is 18.6 Å². The van der Waals surface area contributed by atoms with Gasteiger partial charge in [0.2, 0.25) is 10.0 Å². The highest BCUT2D eigenvalue weighted by Gasteiger charge is 2.22. The van der Waals surface area contributed by atoms with E-state index in [2.05, 4.69) is 4.90 Å². The molecule has 1 atom stereocenters. The molecule has 1 aromatic rings. The van der Waals surface area contributed by atoms with Crippen molar-refractivity contribution in [1.82, 2.24) is 4.90 Å². The summed E-state index contributed by atoms with van der Waals surface area (Å²) in [6.45, 7) is 3.73. The van der Waals surface area contributed by atoms with Gasteiger partial charge in [0, 0.05) is 31.9 Å². The number of sulfonamides is 1. The van der Waals surface area contributed by atoms with Gasteiger partial charge in [0.15, 0.2) is 0 Å². The van der Waals surface area contributed by atoms with Crippen LogP contribution < -0.4 is 9.04 Å². The van der Waals surface area contributed by atoms with Gasteiger partial charge in [-0.2, -0.15) is 0 Å². The van der Waals surface area contributed by atoms with E-state index in [9.17, 15) is 8.42 Å². The van der Waals surface area contributed by atoms with Crippen LogP contribution in [0.3, 0.4) is 0 Å². The smallest absolute Gasteiger partial charge is 0.231 e. The van der Waals surface area contributed by atoms with Gasteiger partial charge in [-0.3, -0.25) is 4.31 Å². The maximum Gasteiger partial charge on any atom is 0.231 e. The van der Waals surface area contributed by atoms with Crippen molar-refractivity contribution in [3.8, 4) is 5.75 Å². The molecule has 7 heteroatoms. The SMILES string of the molecule is CN(c1ccc(OC[C@@H]2CCN(CCCl)C2)cc1)S(C)(=O)=O. The summed E-state index contributed by atoms with van der Waals surface area (Å²) < 4.78 is 30.0. The number of alkyl halides is 1. The number of hydrogen-bond acceptors (Lipinski definition) is 4. The molecule has 22 heavy (non-hydrogen) atoms. The van der Waals surface area contributed by atoms with E-state index in [1.807, 2.05) is 12.1 Å². The molecule has 0 aliphatic carbocycles. The van der Waals surface area contributed by atoms with Crippen LogP contribution in [0.2, 0.25) is 0 Å². The normalized spacial score (nSPS) is 19.3. The van der Waals surface area contributed by atoms with E-state index < -0.39 is 10.0 Å². The number of benzene rings is 1. The molecule has 0 bridgehead atoms. The Morgan fingerprint density at radius 2 is 2.05 bits per heavy atom. The van der Waals surface area contributed by atoms with E-state index in [1.54, 1.807) is 12.1 Å². The summed E-state index contributed by atoms with van der Waals surface area (Å²) in [7, 11) is -1.69. The number of rotatable bonds is 7. The van der Waals surface area contributed by atoms with Crippen LogP contribution in [0.15, 0.2) is 24.3 Å². The van der Waals surface area contributed by atoms with Crippen molar-refractivity contribution in [1.29, 1.82) is 0 Å². The third kappa shape index (κ3) is 4.76. The second-order valence-electron chi connectivity index (χ2n) is 5.68. The summed E-state index contributed by atoms with van der Waals surface area (Å²) in [5.74, 6) is 1.96. The maximum absolute atomic E-state index is 11.5. The first-order valence-electron chi connectivity index (χ1n) is 7.35. The molecule has 5 nitrogen and oxygen atoms in total. The first-order chi connectivity index (χ1) is 10.4. The fraction of sp³-hybridized carbons (Fsp3) is 0.600. The molecule has 1 aliphatic rings. The molecule has 0 aromatic heterocycles. The lowest BCUT2D eigenvalue weighted by molar-refractivity contribution is 0.243. The van der Waals surface area contributed by atoms with Crippen molar-refractivity contribution in [2.75, 3.05) is 49.7 Å². The van der Waals surface area contributed by atoms with Crippen molar-refractivity contribution < 1.29 is 13.2 Å². The van der Waals surface area contributed by atoms with E-state index in [0.29, 0.717) is 24.1 Å². The van der Waals surface area contributed by atoms with Crippen LogP contribution in [0.5, 0.6) is 5.75 Å². The molecule has 0 unspecified atom stereocenters. The Bertz CT molecular complexity index is 577. The summed E-state index contributed by atoms with van der Waals surface area (Å²) in [6, 6.07) is 7.13. The third-order valence-corrected chi connectivity index (χ3v) is 5.33. The first kappa shape index (κ1) is 17.4. The van der Waals surface area contributed by atoms with Gasteiger partial charge in [-0.05, 0) is 37.2 Å². The molecule has 1 saturated heterocycles. The molecule has 1 aromatic carbocycles. The molecule has 2 rings (SSSR count).